The molecule has 1 saturated heterocycles. The van der Waals surface area contributed by atoms with Crippen LogP contribution in [0.25, 0.3) is 0 Å². The van der Waals surface area contributed by atoms with E-state index >= 15 is 0 Å². The first-order valence-electron chi connectivity index (χ1n) is 3.73. The van der Waals surface area contributed by atoms with E-state index in [9.17, 15) is 9.59 Å². The Balaban J connectivity index is 2.85. The lowest BCUT2D eigenvalue weighted by Crippen LogP contribution is -2.18. The number of thiocarbonyl (C=S) groups is 1. The Labute approximate surface area is 86.0 Å². The lowest BCUT2D eigenvalue weighted by Gasteiger charge is -1.98. The number of Topliss-reactive ketones (excluding diaryl/α,β-unsaturated/α-hetero) is 1. The van der Waals surface area contributed by atoms with Crippen LogP contribution in [-0.4, -0.2) is 16.0 Å². The second kappa shape index (κ2) is 4.02. The van der Waals surface area contributed by atoms with Gasteiger partial charge in [0.05, 0.1) is 4.91 Å². The monoisotopic (exact) mass is 215 g/mol. The molecule has 0 aliphatic carbocycles. The first-order valence-corrected chi connectivity index (χ1v) is 4.95. The Bertz CT molecular complexity index is 320. The van der Waals surface area contributed by atoms with E-state index in [-0.39, 0.29) is 11.7 Å². The van der Waals surface area contributed by atoms with Gasteiger partial charge in [-0.25, -0.2) is 0 Å². The Morgan fingerprint density at radius 2 is 2.15 bits per heavy atom. The van der Waals surface area contributed by atoms with E-state index in [0.29, 0.717) is 15.6 Å². The third-order valence-corrected chi connectivity index (χ3v) is 2.90. The van der Waals surface area contributed by atoms with Gasteiger partial charge in [-0.2, -0.15) is 0 Å². The average molecular weight is 215 g/mol. The van der Waals surface area contributed by atoms with E-state index in [1.807, 2.05) is 0 Å². The van der Waals surface area contributed by atoms with E-state index in [4.69, 9.17) is 12.2 Å². The second-order valence-corrected chi connectivity index (χ2v) is 4.52. The van der Waals surface area contributed by atoms with Crippen LogP contribution >= 0.6 is 24.0 Å². The van der Waals surface area contributed by atoms with Gasteiger partial charge in [-0.05, 0) is 19.4 Å². The van der Waals surface area contributed by atoms with Crippen LogP contribution in [0.3, 0.4) is 0 Å². The largest absolute Gasteiger partial charge is 0.307 e. The summed E-state index contributed by atoms with van der Waals surface area (Å²) >= 11 is 6.04. The Morgan fingerprint density at radius 3 is 2.54 bits per heavy atom. The zero-order valence-corrected chi connectivity index (χ0v) is 8.97. The second-order valence-electron chi connectivity index (χ2n) is 2.83. The number of rotatable bonds is 2. The molecule has 70 valence electrons. The topological polar surface area (TPSA) is 46.2 Å². The van der Waals surface area contributed by atoms with Gasteiger partial charge in [0.15, 0.2) is 0 Å². The van der Waals surface area contributed by atoms with Crippen LogP contribution in [0.15, 0.2) is 10.5 Å². The minimum atomic E-state index is -0.186. The molecule has 0 radical (unpaired) electrons. The molecule has 0 aromatic heterocycles. The van der Waals surface area contributed by atoms with Crippen LogP contribution in [0.4, 0.5) is 0 Å². The van der Waals surface area contributed by atoms with Gasteiger partial charge < -0.3 is 5.32 Å². The Morgan fingerprint density at radius 1 is 1.54 bits per heavy atom. The number of thioether (sulfide) groups is 1. The number of hydrogen-bond acceptors (Lipinski definition) is 4. The fourth-order valence-electron chi connectivity index (χ4n) is 1.05. The molecule has 0 spiro atoms. The maximum atomic E-state index is 11.2. The minimum Gasteiger partial charge on any atom is -0.307 e. The molecule has 0 bridgehead atoms. The fourth-order valence-corrected chi connectivity index (χ4v) is 2.11. The lowest BCUT2D eigenvalue weighted by molar-refractivity contribution is -0.116. The summed E-state index contributed by atoms with van der Waals surface area (Å²) in [6.07, 6.45) is 0.318. The average Bonchev–Trinajstić information content (AvgIpc) is 2.28. The summed E-state index contributed by atoms with van der Waals surface area (Å²) in [5.41, 5.74) is 0.787. The minimum absolute atomic E-state index is 0.0521. The highest BCUT2D eigenvalue weighted by molar-refractivity contribution is 8.26. The van der Waals surface area contributed by atoms with E-state index < -0.39 is 0 Å². The number of ketones is 1. The quantitative estimate of drug-likeness (QED) is 0.558. The number of amides is 1. The number of allylic oxidation sites excluding steroid dienone is 1. The predicted octanol–water partition coefficient (Wildman–Crippen LogP) is 1.39. The fraction of sp³-hybridized carbons (Fsp3) is 0.375. The van der Waals surface area contributed by atoms with Crippen molar-refractivity contribution in [1.29, 1.82) is 0 Å². The zero-order chi connectivity index (χ0) is 10.0. The summed E-state index contributed by atoms with van der Waals surface area (Å²) in [7, 11) is 0. The lowest BCUT2D eigenvalue weighted by atomic mass is 10.1. The molecule has 1 heterocycles. The molecule has 0 saturated carbocycles. The van der Waals surface area contributed by atoms with Gasteiger partial charge in [0.2, 0.25) is 0 Å². The van der Waals surface area contributed by atoms with Crippen molar-refractivity contribution < 1.29 is 9.59 Å². The molecule has 0 aromatic rings. The molecule has 1 rings (SSSR count). The zero-order valence-electron chi connectivity index (χ0n) is 7.34. The van der Waals surface area contributed by atoms with Crippen molar-refractivity contribution in [1.82, 2.24) is 5.32 Å². The maximum absolute atomic E-state index is 11.2. The number of nitrogens with one attached hydrogen (secondary N) is 1. The summed E-state index contributed by atoms with van der Waals surface area (Å²) in [5.74, 6) is -0.134. The third kappa shape index (κ3) is 2.63. The molecule has 1 fully saturated rings. The van der Waals surface area contributed by atoms with E-state index in [1.165, 1.54) is 18.7 Å². The first kappa shape index (κ1) is 10.4. The normalized spacial score (nSPS) is 20.2. The highest BCUT2D eigenvalue weighted by atomic mass is 32.2. The van der Waals surface area contributed by atoms with Gasteiger partial charge in [0.25, 0.3) is 5.91 Å². The SMILES string of the molecule is CC(=O)C/C(C)=C1\SC(=S)NC1=O. The van der Waals surface area contributed by atoms with Gasteiger partial charge in [-0.1, -0.05) is 24.0 Å². The molecule has 0 unspecified atom stereocenters. The van der Waals surface area contributed by atoms with Gasteiger partial charge in [-0.3, -0.25) is 9.59 Å². The summed E-state index contributed by atoms with van der Waals surface area (Å²) in [5, 5.41) is 2.51. The van der Waals surface area contributed by atoms with Crippen molar-refractivity contribution in [2.24, 2.45) is 0 Å². The van der Waals surface area contributed by atoms with E-state index in [0.717, 1.165) is 5.57 Å². The Kier molecular flexibility index (Phi) is 3.22. The van der Waals surface area contributed by atoms with Crippen LogP contribution in [0.1, 0.15) is 20.3 Å². The molecule has 1 aliphatic heterocycles. The van der Waals surface area contributed by atoms with Crippen molar-refractivity contribution in [3.05, 3.63) is 10.5 Å². The van der Waals surface area contributed by atoms with Crippen molar-refractivity contribution in [3.8, 4) is 0 Å². The standard InChI is InChI=1S/C8H9NO2S2/c1-4(3-5(2)10)6-7(11)9-8(12)13-6/h3H2,1-2H3,(H,9,11,12)/b6-4-. The van der Waals surface area contributed by atoms with Crippen LogP contribution in [0.5, 0.6) is 0 Å². The van der Waals surface area contributed by atoms with E-state index in [2.05, 4.69) is 5.32 Å². The number of hydrogen-bond donors (Lipinski definition) is 1. The van der Waals surface area contributed by atoms with Crippen LogP contribution < -0.4 is 5.32 Å². The number of carbonyl (C=O) groups excluding carboxylic acids is 2. The predicted molar refractivity (Wildman–Crippen MR) is 56.3 cm³/mol. The van der Waals surface area contributed by atoms with Crippen LogP contribution in [0, 0.1) is 0 Å². The summed E-state index contributed by atoms with van der Waals surface area (Å²) in [4.78, 5) is 22.6. The molecule has 13 heavy (non-hydrogen) atoms. The summed E-state index contributed by atoms with van der Waals surface area (Å²) < 4.78 is 0.461. The highest BCUT2D eigenvalue weighted by Crippen LogP contribution is 2.27. The van der Waals surface area contributed by atoms with Crippen molar-refractivity contribution in [3.63, 3.8) is 0 Å². The third-order valence-electron chi connectivity index (χ3n) is 1.52. The van der Waals surface area contributed by atoms with Gasteiger partial charge in [0.1, 0.15) is 10.1 Å². The first-order chi connectivity index (χ1) is 6.00. The van der Waals surface area contributed by atoms with Crippen molar-refractivity contribution >= 4 is 40.0 Å². The van der Waals surface area contributed by atoms with Crippen molar-refractivity contribution in [2.75, 3.05) is 0 Å². The summed E-state index contributed by atoms with van der Waals surface area (Å²) in [6.45, 7) is 3.27. The molecular formula is C8H9NO2S2. The molecule has 3 nitrogen and oxygen atoms in total. The molecular weight excluding hydrogens is 206 g/mol. The molecule has 1 amide bonds. The van der Waals surface area contributed by atoms with Crippen molar-refractivity contribution in [2.45, 2.75) is 20.3 Å². The van der Waals surface area contributed by atoms with Gasteiger partial charge in [-0.15, -0.1) is 0 Å². The maximum Gasteiger partial charge on any atom is 0.263 e. The summed E-state index contributed by atoms with van der Waals surface area (Å²) in [6, 6.07) is 0. The molecule has 0 aromatic carbocycles. The Hall–Kier alpha value is -0.680. The molecule has 0 atom stereocenters. The van der Waals surface area contributed by atoms with Gasteiger partial charge >= 0.3 is 0 Å². The smallest absolute Gasteiger partial charge is 0.263 e. The molecule has 1 N–H and O–H groups in total. The molecule has 1 aliphatic rings. The number of carbonyl (C=O) groups is 2. The van der Waals surface area contributed by atoms with E-state index in [1.54, 1.807) is 6.92 Å². The molecule has 5 heteroatoms. The van der Waals surface area contributed by atoms with Crippen LogP contribution in [-0.2, 0) is 9.59 Å². The van der Waals surface area contributed by atoms with Gasteiger partial charge in [0, 0.05) is 6.42 Å². The highest BCUT2D eigenvalue weighted by Gasteiger charge is 2.24. The van der Waals surface area contributed by atoms with Crippen LogP contribution in [0.2, 0.25) is 0 Å².